The third kappa shape index (κ3) is 4.52. The maximum Gasteiger partial charge on any atom is 0.255 e. The lowest BCUT2D eigenvalue weighted by molar-refractivity contribution is 0.0287. The van der Waals surface area contributed by atoms with Crippen molar-refractivity contribution in [2.24, 2.45) is 0 Å². The van der Waals surface area contributed by atoms with Gasteiger partial charge in [-0.3, -0.25) is 4.79 Å². The molecular formula is C22H24F2N4O3. The summed E-state index contributed by atoms with van der Waals surface area (Å²) in [6.45, 7) is 5.75. The molecule has 1 atom stereocenters. The Bertz CT molecular complexity index is 1090. The predicted molar refractivity (Wildman–Crippen MR) is 110 cm³/mol. The molecule has 0 aliphatic carbocycles. The Kier molecular flexibility index (Phi) is 6.15. The molecule has 2 N–H and O–H groups in total. The van der Waals surface area contributed by atoms with E-state index in [2.05, 4.69) is 15.7 Å². The van der Waals surface area contributed by atoms with Crippen LogP contribution in [0.25, 0.3) is 5.52 Å². The molecule has 164 valence electrons. The molecule has 4 rings (SSSR count). The fourth-order valence-electron chi connectivity index (χ4n) is 3.61. The number of aryl methyl sites for hydroxylation is 2. The smallest absolute Gasteiger partial charge is 0.255 e. The standard InChI is InChI=1S/C22H24F2N4O3/c1-13-8-19-21(22(29)26-11-15-10-25-6-7-30-15)14(2)27-28(19)20(9-13)31-12-16-17(23)4-3-5-18(16)24/h3-5,8-9,15,25H,6-7,10-12H2,1-2H3,(H,26,29). The van der Waals surface area contributed by atoms with Crippen LogP contribution >= 0.6 is 0 Å². The Labute approximate surface area is 178 Å². The third-order valence-electron chi connectivity index (χ3n) is 5.17. The summed E-state index contributed by atoms with van der Waals surface area (Å²) < 4.78 is 40.7. The minimum atomic E-state index is -0.681. The van der Waals surface area contributed by atoms with Crippen LogP contribution in [0.2, 0.25) is 0 Å². The molecule has 3 aromatic rings. The van der Waals surface area contributed by atoms with E-state index in [1.165, 1.54) is 22.7 Å². The summed E-state index contributed by atoms with van der Waals surface area (Å²) in [7, 11) is 0. The van der Waals surface area contributed by atoms with Gasteiger partial charge in [0.2, 0.25) is 5.88 Å². The number of aromatic nitrogens is 2. The van der Waals surface area contributed by atoms with Gasteiger partial charge in [0.25, 0.3) is 5.91 Å². The molecule has 3 heterocycles. The Morgan fingerprint density at radius 2 is 2.10 bits per heavy atom. The van der Waals surface area contributed by atoms with Crippen LogP contribution in [0.3, 0.4) is 0 Å². The summed E-state index contributed by atoms with van der Waals surface area (Å²) in [4.78, 5) is 12.9. The van der Waals surface area contributed by atoms with Crippen molar-refractivity contribution in [3.8, 4) is 5.88 Å². The molecule has 1 aromatic carbocycles. The first-order valence-electron chi connectivity index (χ1n) is 10.1. The van der Waals surface area contributed by atoms with Gasteiger partial charge in [0.05, 0.1) is 35.0 Å². The number of hydrogen-bond donors (Lipinski definition) is 2. The number of rotatable bonds is 6. The van der Waals surface area contributed by atoms with E-state index in [1.54, 1.807) is 13.0 Å². The molecule has 2 aromatic heterocycles. The maximum atomic E-state index is 13.9. The Hall–Kier alpha value is -3.04. The Morgan fingerprint density at radius 3 is 2.81 bits per heavy atom. The second-order valence-electron chi connectivity index (χ2n) is 7.52. The van der Waals surface area contributed by atoms with Crippen molar-refractivity contribution in [3.05, 3.63) is 64.4 Å². The maximum absolute atomic E-state index is 13.9. The minimum Gasteiger partial charge on any atom is -0.473 e. The number of benzene rings is 1. The number of carbonyl (C=O) groups is 1. The number of pyridine rings is 1. The number of morpholine rings is 1. The summed E-state index contributed by atoms with van der Waals surface area (Å²) >= 11 is 0. The summed E-state index contributed by atoms with van der Waals surface area (Å²) in [5.74, 6) is -1.34. The van der Waals surface area contributed by atoms with Gasteiger partial charge < -0.3 is 20.1 Å². The molecule has 1 aliphatic heterocycles. The summed E-state index contributed by atoms with van der Waals surface area (Å²) in [5, 5.41) is 10.6. The Morgan fingerprint density at radius 1 is 1.32 bits per heavy atom. The summed E-state index contributed by atoms with van der Waals surface area (Å²) in [5.41, 5.74) is 2.16. The molecule has 9 heteroatoms. The van der Waals surface area contributed by atoms with Gasteiger partial charge in [0, 0.05) is 25.7 Å². The molecule has 0 spiro atoms. The number of halogens is 2. The molecule has 0 saturated carbocycles. The zero-order valence-electron chi connectivity index (χ0n) is 17.4. The van der Waals surface area contributed by atoms with E-state index in [0.29, 0.717) is 42.4 Å². The van der Waals surface area contributed by atoms with E-state index in [4.69, 9.17) is 9.47 Å². The van der Waals surface area contributed by atoms with Crippen molar-refractivity contribution < 1.29 is 23.0 Å². The highest BCUT2D eigenvalue weighted by atomic mass is 19.1. The van der Waals surface area contributed by atoms with Crippen molar-refractivity contribution in [2.75, 3.05) is 26.2 Å². The summed E-state index contributed by atoms with van der Waals surface area (Å²) in [6.07, 6.45) is -0.0869. The zero-order valence-corrected chi connectivity index (χ0v) is 17.4. The highest BCUT2D eigenvalue weighted by molar-refractivity contribution is 6.02. The van der Waals surface area contributed by atoms with Gasteiger partial charge >= 0.3 is 0 Å². The molecule has 1 saturated heterocycles. The van der Waals surface area contributed by atoms with Crippen molar-refractivity contribution in [1.82, 2.24) is 20.2 Å². The van der Waals surface area contributed by atoms with Crippen LogP contribution in [0.4, 0.5) is 8.78 Å². The third-order valence-corrected chi connectivity index (χ3v) is 5.17. The number of fused-ring (bicyclic) bond motifs is 1. The van der Waals surface area contributed by atoms with E-state index in [-0.39, 0.29) is 24.2 Å². The number of ether oxygens (including phenoxy) is 2. The van der Waals surface area contributed by atoms with Gasteiger partial charge in [-0.25, -0.2) is 8.78 Å². The fourth-order valence-corrected chi connectivity index (χ4v) is 3.61. The molecular weight excluding hydrogens is 406 g/mol. The van der Waals surface area contributed by atoms with Crippen LogP contribution in [0.5, 0.6) is 5.88 Å². The molecule has 1 aliphatic rings. The topological polar surface area (TPSA) is 76.9 Å². The highest BCUT2D eigenvalue weighted by Gasteiger charge is 2.22. The molecule has 1 amide bonds. The average Bonchev–Trinajstić information content (AvgIpc) is 3.08. The van der Waals surface area contributed by atoms with Crippen LogP contribution in [0.1, 0.15) is 27.2 Å². The van der Waals surface area contributed by atoms with Gasteiger partial charge in [-0.15, -0.1) is 0 Å². The number of carbonyl (C=O) groups excluding carboxylic acids is 1. The van der Waals surface area contributed by atoms with Gasteiger partial charge in [-0.05, 0) is 37.6 Å². The Balaban J connectivity index is 1.58. The lowest BCUT2D eigenvalue weighted by Crippen LogP contribution is -2.45. The number of hydrogen-bond acceptors (Lipinski definition) is 5. The second-order valence-corrected chi connectivity index (χ2v) is 7.52. The summed E-state index contributed by atoms with van der Waals surface area (Å²) in [6, 6.07) is 7.19. The number of amides is 1. The molecule has 31 heavy (non-hydrogen) atoms. The van der Waals surface area contributed by atoms with Crippen LogP contribution in [0.15, 0.2) is 30.3 Å². The first kappa shape index (κ1) is 21.2. The number of nitrogens with one attached hydrogen (secondary N) is 2. The molecule has 0 radical (unpaired) electrons. The van der Waals surface area contributed by atoms with Gasteiger partial charge in [0.1, 0.15) is 18.2 Å². The van der Waals surface area contributed by atoms with E-state index in [9.17, 15) is 13.6 Å². The van der Waals surface area contributed by atoms with Crippen LogP contribution < -0.4 is 15.4 Å². The largest absolute Gasteiger partial charge is 0.473 e. The lowest BCUT2D eigenvalue weighted by atomic mass is 10.1. The molecule has 1 unspecified atom stereocenters. The minimum absolute atomic E-state index is 0.0869. The average molecular weight is 430 g/mol. The second kappa shape index (κ2) is 8.99. The van der Waals surface area contributed by atoms with E-state index >= 15 is 0 Å². The monoisotopic (exact) mass is 430 g/mol. The van der Waals surface area contributed by atoms with Gasteiger partial charge in [0.15, 0.2) is 0 Å². The lowest BCUT2D eigenvalue weighted by Gasteiger charge is -2.23. The molecule has 0 bridgehead atoms. The fraction of sp³-hybridized carbons (Fsp3) is 0.364. The van der Waals surface area contributed by atoms with Crippen molar-refractivity contribution in [2.45, 2.75) is 26.6 Å². The van der Waals surface area contributed by atoms with Crippen molar-refractivity contribution in [1.29, 1.82) is 0 Å². The van der Waals surface area contributed by atoms with Crippen LogP contribution in [0, 0.1) is 25.5 Å². The predicted octanol–water partition coefficient (Wildman–Crippen LogP) is 2.53. The quantitative estimate of drug-likeness (QED) is 0.629. The van der Waals surface area contributed by atoms with Crippen LogP contribution in [-0.2, 0) is 11.3 Å². The van der Waals surface area contributed by atoms with E-state index in [1.807, 2.05) is 13.0 Å². The number of nitrogens with zero attached hydrogens (tertiary/aromatic N) is 2. The van der Waals surface area contributed by atoms with Crippen LogP contribution in [-0.4, -0.2) is 47.9 Å². The molecule has 7 nitrogen and oxygen atoms in total. The highest BCUT2D eigenvalue weighted by Crippen LogP contribution is 2.25. The van der Waals surface area contributed by atoms with Crippen molar-refractivity contribution in [3.63, 3.8) is 0 Å². The van der Waals surface area contributed by atoms with E-state index in [0.717, 1.165) is 12.1 Å². The SMILES string of the molecule is Cc1cc(OCc2c(F)cccc2F)n2nc(C)c(C(=O)NCC3CNCCO3)c2c1. The normalized spacial score (nSPS) is 16.5. The zero-order chi connectivity index (χ0) is 22.0. The first-order chi connectivity index (χ1) is 14.9. The van der Waals surface area contributed by atoms with Crippen molar-refractivity contribution >= 4 is 11.4 Å². The van der Waals surface area contributed by atoms with E-state index < -0.39 is 11.6 Å². The first-order valence-corrected chi connectivity index (χ1v) is 10.1. The molecule has 1 fully saturated rings. The van der Waals surface area contributed by atoms with Gasteiger partial charge in [-0.1, -0.05) is 6.07 Å². The van der Waals surface area contributed by atoms with Gasteiger partial charge in [-0.2, -0.15) is 9.61 Å².